The van der Waals surface area contributed by atoms with Gasteiger partial charge in [-0.3, -0.25) is 10.0 Å². The van der Waals surface area contributed by atoms with E-state index in [4.69, 9.17) is 16.3 Å². The normalized spacial score (nSPS) is 9.65. The number of carbonyl (C=O) groups excluding carboxylic acids is 1. The highest BCUT2D eigenvalue weighted by atomic mass is 35.5. The van der Waals surface area contributed by atoms with E-state index in [0.29, 0.717) is 10.8 Å². The third-order valence-electron chi connectivity index (χ3n) is 3.23. The number of ether oxygens (including phenoxy) is 1. The average Bonchev–Trinajstić information content (AvgIpc) is 2.63. The highest BCUT2D eigenvalue weighted by Gasteiger charge is 2.23. The molecule has 0 unspecified atom stereocenters. The Morgan fingerprint density at radius 3 is 2.31 bits per heavy atom. The van der Waals surface area contributed by atoms with Crippen molar-refractivity contribution < 1.29 is 23.2 Å². The summed E-state index contributed by atoms with van der Waals surface area (Å²) in [7, 11) is -2.86. The zero-order chi connectivity index (χ0) is 19.1. The van der Waals surface area contributed by atoms with Crippen LogP contribution < -0.4 is 9.80 Å². The van der Waals surface area contributed by atoms with Crippen LogP contribution in [0.5, 0.6) is 5.75 Å². The second-order valence-electron chi connectivity index (χ2n) is 4.90. The van der Waals surface area contributed by atoms with Crippen LogP contribution in [0.1, 0.15) is 12.5 Å². The second kappa shape index (κ2) is 9.06. The molecular formula is C18H14ClNO5S. The van der Waals surface area contributed by atoms with Crippen LogP contribution in [0.2, 0.25) is 5.02 Å². The minimum absolute atomic E-state index is 0.0841. The van der Waals surface area contributed by atoms with Crippen LogP contribution in [0.25, 0.3) is 0 Å². The highest BCUT2D eigenvalue weighted by Crippen LogP contribution is 2.19. The number of hydroxylamine groups is 1. The number of carbonyl (C=O) groups is 1. The number of anilines is 1. The number of halogens is 1. The topological polar surface area (TPSA) is 83.9 Å². The molecule has 1 amide bonds. The maximum Gasteiger partial charge on any atom is 0.298 e. The molecule has 0 heterocycles. The van der Waals surface area contributed by atoms with Crippen molar-refractivity contribution in [1.29, 1.82) is 0 Å². The van der Waals surface area contributed by atoms with E-state index in [1.54, 1.807) is 6.92 Å². The van der Waals surface area contributed by atoms with Crippen LogP contribution in [0.15, 0.2) is 48.5 Å². The van der Waals surface area contributed by atoms with Gasteiger partial charge in [0.2, 0.25) is 10.3 Å². The number of hydrogen-bond acceptors (Lipinski definition) is 5. The molecule has 0 atom stereocenters. The molecule has 0 radical (unpaired) electrons. The van der Waals surface area contributed by atoms with E-state index in [-0.39, 0.29) is 22.9 Å². The molecule has 0 aliphatic rings. The molecule has 0 bridgehead atoms. The maximum absolute atomic E-state index is 12.4. The summed E-state index contributed by atoms with van der Waals surface area (Å²) in [6.07, 6.45) is 0. The lowest BCUT2D eigenvalue weighted by Gasteiger charge is -2.15. The number of rotatable bonds is 5. The molecule has 2 rings (SSSR count). The number of hydrogen-bond donors (Lipinski definition) is 1. The van der Waals surface area contributed by atoms with E-state index in [9.17, 15) is 18.4 Å². The van der Waals surface area contributed by atoms with Crippen molar-refractivity contribution in [3.8, 4) is 17.6 Å². The Labute approximate surface area is 157 Å². The van der Waals surface area contributed by atoms with Crippen molar-refractivity contribution in [2.24, 2.45) is 0 Å². The molecule has 0 aromatic heterocycles. The fraction of sp³-hybridized carbons (Fsp3) is 0.111. The molecule has 8 heteroatoms. The van der Waals surface area contributed by atoms with Crippen LogP contribution in [-0.2, 0) is 15.1 Å². The lowest BCUT2D eigenvalue weighted by Crippen LogP contribution is -2.34. The first-order valence-corrected chi connectivity index (χ1v) is 8.77. The number of benzene rings is 2. The maximum atomic E-state index is 12.4. The molecule has 0 aliphatic heterocycles. The van der Waals surface area contributed by atoms with Crippen LogP contribution in [0.4, 0.5) is 5.69 Å². The summed E-state index contributed by atoms with van der Waals surface area (Å²) >= 11 is 5.77. The van der Waals surface area contributed by atoms with Crippen LogP contribution in [0.3, 0.4) is 0 Å². The van der Waals surface area contributed by atoms with Gasteiger partial charge in [0.15, 0.2) is 4.86 Å². The van der Waals surface area contributed by atoms with Gasteiger partial charge in [-0.1, -0.05) is 29.7 Å². The van der Waals surface area contributed by atoms with E-state index in [1.807, 2.05) is 0 Å². The molecule has 2 aromatic carbocycles. The predicted molar refractivity (Wildman–Crippen MR) is 99.1 cm³/mol. The van der Waals surface area contributed by atoms with Crippen molar-refractivity contribution in [2.45, 2.75) is 6.92 Å². The lowest BCUT2D eigenvalue weighted by molar-refractivity contribution is -0.116. The third kappa shape index (κ3) is 4.86. The Bertz CT molecular complexity index is 979. The molecule has 26 heavy (non-hydrogen) atoms. The second-order valence-corrected chi connectivity index (χ2v) is 6.21. The highest BCUT2D eigenvalue weighted by molar-refractivity contribution is 7.75. The fourth-order valence-corrected chi connectivity index (χ4v) is 2.66. The van der Waals surface area contributed by atoms with E-state index >= 15 is 0 Å². The van der Waals surface area contributed by atoms with Crippen molar-refractivity contribution in [3.63, 3.8) is 0 Å². The molecule has 1 N–H and O–H groups in total. The summed E-state index contributed by atoms with van der Waals surface area (Å²) in [6, 6.07) is 11.5. The Morgan fingerprint density at radius 2 is 1.77 bits per heavy atom. The smallest absolute Gasteiger partial charge is 0.298 e. The Hall–Kier alpha value is -2.79. The van der Waals surface area contributed by atoms with Crippen molar-refractivity contribution >= 4 is 38.4 Å². The van der Waals surface area contributed by atoms with E-state index in [0.717, 1.165) is 0 Å². The molecule has 0 saturated heterocycles. The minimum atomic E-state index is -2.86. The Morgan fingerprint density at radius 1 is 1.15 bits per heavy atom. The van der Waals surface area contributed by atoms with Gasteiger partial charge in [-0.25, -0.2) is 0 Å². The van der Waals surface area contributed by atoms with Gasteiger partial charge in [0.1, 0.15) is 12.4 Å². The van der Waals surface area contributed by atoms with Crippen LogP contribution in [0, 0.1) is 11.8 Å². The monoisotopic (exact) mass is 391 g/mol. The molecule has 0 aliphatic carbocycles. The zero-order valence-corrected chi connectivity index (χ0v) is 15.2. The quantitative estimate of drug-likeness (QED) is 0.278. The Kier molecular flexibility index (Phi) is 6.81. The van der Waals surface area contributed by atoms with Gasteiger partial charge >= 0.3 is 0 Å². The average molecular weight is 392 g/mol. The first kappa shape index (κ1) is 19.5. The molecule has 134 valence electrons. The molecule has 2 aromatic rings. The van der Waals surface area contributed by atoms with Gasteiger partial charge in [0.25, 0.3) is 5.91 Å². The summed E-state index contributed by atoms with van der Waals surface area (Å²) in [5.74, 6) is 4.82. The molecular weight excluding hydrogens is 378 g/mol. The standard InChI is InChI=1S/C18H14ClNO5S/c1-2-3-12-25-16-10-8-15(9-11-16)20(22)18(21)17(26(23)24)13-4-6-14(19)7-5-13/h4-11,22H,12H2,1H3. The summed E-state index contributed by atoms with van der Waals surface area (Å²) < 4.78 is 28.3. The SMILES string of the molecule is CC#CCOc1ccc(N(O)C(=O)C(c2ccc(Cl)cc2)=S(=O)=O)cc1. The van der Waals surface area contributed by atoms with Gasteiger partial charge in [-0.2, -0.15) is 13.5 Å². The van der Waals surface area contributed by atoms with E-state index < -0.39 is 21.1 Å². The summed E-state index contributed by atoms with van der Waals surface area (Å²) in [6.45, 7) is 1.90. The predicted octanol–water partition coefficient (Wildman–Crippen LogP) is 2.56. The van der Waals surface area contributed by atoms with E-state index in [1.165, 1.54) is 48.5 Å². The lowest BCUT2D eigenvalue weighted by atomic mass is 10.1. The van der Waals surface area contributed by atoms with Crippen molar-refractivity contribution in [3.05, 3.63) is 59.1 Å². The van der Waals surface area contributed by atoms with Gasteiger partial charge in [0, 0.05) is 10.6 Å². The van der Waals surface area contributed by atoms with Crippen LogP contribution >= 0.6 is 11.6 Å². The minimum Gasteiger partial charge on any atom is -0.481 e. The van der Waals surface area contributed by atoms with Gasteiger partial charge < -0.3 is 4.74 Å². The van der Waals surface area contributed by atoms with Gasteiger partial charge in [-0.15, -0.1) is 5.92 Å². The number of amides is 1. The van der Waals surface area contributed by atoms with Gasteiger partial charge in [-0.05, 0) is 43.3 Å². The number of nitrogens with zero attached hydrogens (tertiary/aromatic N) is 1. The van der Waals surface area contributed by atoms with E-state index in [2.05, 4.69) is 11.8 Å². The summed E-state index contributed by atoms with van der Waals surface area (Å²) in [5.41, 5.74) is 0.200. The Balaban J connectivity index is 2.25. The zero-order valence-electron chi connectivity index (χ0n) is 13.6. The molecule has 6 nitrogen and oxygen atoms in total. The van der Waals surface area contributed by atoms with Gasteiger partial charge in [0.05, 0.1) is 5.69 Å². The first-order chi connectivity index (χ1) is 12.4. The first-order valence-electron chi connectivity index (χ1n) is 7.32. The van der Waals surface area contributed by atoms with Crippen molar-refractivity contribution in [1.82, 2.24) is 0 Å². The molecule has 0 fully saturated rings. The van der Waals surface area contributed by atoms with Crippen molar-refractivity contribution in [2.75, 3.05) is 11.7 Å². The van der Waals surface area contributed by atoms with Crippen LogP contribution in [-0.4, -0.2) is 31.0 Å². The summed E-state index contributed by atoms with van der Waals surface area (Å²) in [5, 5.41) is 10.8. The molecule has 0 spiro atoms. The third-order valence-corrected chi connectivity index (χ3v) is 4.22. The molecule has 0 saturated carbocycles. The summed E-state index contributed by atoms with van der Waals surface area (Å²) in [4.78, 5) is 11.8. The fourth-order valence-electron chi connectivity index (χ4n) is 1.98. The largest absolute Gasteiger partial charge is 0.481 e.